The molecule has 6 aromatic carbocycles. The number of β-amino-alcohol motifs (C(OH)–C–C–N with tert-alkyl or cyclic N) is 1. The van der Waals surface area contributed by atoms with Crippen LogP contribution in [0, 0.1) is 34.0 Å². The Kier molecular flexibility index (Phi) is 32.3. The summed E-state index contributed by atoms with van der Waals surface area (Å²) in [5, 5.41) is 61.2. The second-order valence-corrected chi connectivity index (χ2v) is 36.0. The van der Waals surface area contributed by atoms with Crippen molar-refractivity contribution in [2.75, 3.05) is 242 Å². The highest BCUT2D eigenvalue weighted by Gasteiger charge is 2.41. The lowest BCUT2D eigenvalue weighted by Gasteiger charge is -2.43. The van der Waals surface area contributed by atoms with E-state index < -0.39 is 42.9 Å². The third-order valence-corrected chi connectivity index (χ3v) is 26.8. The Morgan fingerprint density at radius 2 is 0.784 bits per heavy atom. The number of carbonyl (C=O) groups is 3. The number of nitrogens with one attached hydrogen (secondary N) is 4. The van der Waals surface area contributed by atoms with Crippen molar-refractivity contribution in [3.63, 3.8) is 0 Å². The van der Waals surface area contributed by atoms with Crippen molar-refractivity contribution in [1.29, 1.82) is 15.8 Å². The average Bonchev–Trinajstić information content (AvgIpc) is 1.65. The minimum Gasteiger partial charge on any atom is -0.486 e. The molecule has 6 N–H and O–H groups in total. The number of anilines is 9. The number of carbonyl (C=O) groups excluding carboxylic acids is 3. The molecule has 10 saturated heterocycles. The van der Waals surface area contributed by atoms with E-state index in [2.05, 4.69) is 135 Å². The van der Waals surface area contributed by atoms with E-state index in [0.29, 0.717) is 128 Å². The lowest BCUT2D eigenvalue weighted by molar-refractivity contribution is -0.0660. The topological polar surface area (TPSA) is 389 Å². The molecule has 9 aromatic rings. The van der Waals surface area contributed by atoms with Gasteiger partial charge in [-0.05, 0) is 152 Å². The number of piperidine rings is 3. The Balaban J connectivity index is 0.000000144. The second-order valence-electron chi connectivity index (χ2n) is 36.0. The minimum absolute atomic E-state index is 0.0899. The molecule has 7 atom stereocenters. The van der Waals surface area contributed by atoms with Crippen LogP contribution in [0.2, 0.25) is 0 Å². The fourth-order valence-corrected chi connectivity index (χ4v) is 18.4. The largest absolute Gasteiger partial charge is 0.486 e. The number of piperazine rings is 3. The number of methoxy groups -OCH3 is 1. The lowest BCUT2D eigenvalue weighted by Crippen LogP contribution is -2.56. The quantitative estimate of drug-likeness (QED) is 0.0274. The molecule has 10 aliphatic rings. The Morgan fingerprint density at radius 1 is 0.446 bits per heavy atom. The normalized spacial score (nSPS) is 21.6. The molecule has 10 aliphatic heterocycles. The number of benzene rings is 6. The number of ether oxygens (including phenoxy) is 7. The van der Waals surface area contributed by atoms with Crippen LogP contribution in [0.25, 0.3) is 34.2 Å². The number of aliphatic hydroxyl groups excluding tert-OH is 2. The zero-order valence-corrected chi connectivity index (χ0v) is 78.0. The molecule has 3 aromatic heterocycles. The van der Waals surface area contributed by atoms with Crippen LogP contribution in [0.1, 0.15) is 42.4 Å². The number of nitriles is 3. The number of rotatable bonds is 26. The van der Waals surface area contributed by atoms with Crippen molar-refractivity contribution < 1.29 is 70.9 Å². The molecule has 139 heavy (non-hydrogen) atoms. The van der Waals surface area contributed by atoms with Crippen LogP contribution < -0.4 is 50.2 Å². The fraction of sp³-hybridized carbons (Fsp3) is 0.460. The van der Waals surface area contributed by atoms with E-state index in [-0.39, 0.29) is 97.8 Å². The standard InChI is InChI=1S/C34H39FN8O4.2C33H39FN8O4/c35-29-20-43(34(45)42-11-8-28(44)19-42)12-9-31(29)47-30-6-1-23(17-24(30)18-36)33-37-10-7-32(39-33)38-25-2-4-26(5-3-25)40-13-15-41(16-14-40)27-21-46-22-27;1-44-17-11-37-33(43)42-12-9-30(28(34)20-42)46-29-7-2-23(18-24(29)19-35)32-36-10-8-31(39-32)38-25-3-5-26(6-4-25)40-13-15-41(16-14-40)27-21-45-22-27;1-39(16-17-43)33(44)42-11-9-30(28(34)20-42)46-29-7-2-23(18-24(29)19-35)32-36-10-8-31(38-32)37-25-3-5-26(6-4-25)40-12-14-41(15-13-40)27-21-45-22-27/h1-7,10,17,27-29,31,44H,8-9,11-16,19-22H2,(H,37,38,39);2-8,10,18,27-28,30H,9,11-17,20-22H2,1H3,(H,37,43)(H,36,38,39);2-8,10,18,27-28,30,43H,9,11-17,20-22H2,1H3,(H,36,37,38)/t28-,29+,31-;2*28-,30+/m011/s1. The third-order valence-electron chi connectivity index (χ3n) is 26.8. The van der Waals surface area contributed by atoms with Crippen LogP contribution in [-0.4, -0.2) is 369 Å². The summed E-state index contributed by atoms with van der Waals surface area (Å²) in [6.07, 6.45) is -0.745. The highest BCUT2D eigenvalue weighted by Crippen LogP contribution is 2.36. The molecular formula is C100H117F3N24O12. The number of likely N-dealkylation sites (tertiary alicyclic amines) is 4. The maximum atomic E-state index is 15.2. The monoisotopic (exact) mass is 1900 g/mol. The Labute approximate surface area is 805 Å². The molecule has 730 valence electrons. The maximum absolute atomic E-state index is 15.2. The predicted molar refractivity (Wildman–Crippen MR) is 515 cm³/mol. The van der Waals surface area contributed by atoms with Crippen LogP contribution in [0.4, 0.5) is 79.1 Å². The summed E-state index contributed by atoms with van der Waals surface area (Å²) in [5.41, 5.74) is 8.90. The summed E-state index contributed by atoms with van der Waals surface area (Å²) in [7, 11) is 3.11. The van der Waals surface area contributed by atoms with Gasteiger partial charge in [0.05, 0.1) is 113 Å². The first-order valence-electron chi connectivity index (χ1n) is 47.6. The summed E-state index contributed by atoms with van der Waals surface area (Å²) in [5.74, 6) is 3.98. The van der Waals surface area contributed by atoms with Crippen molar-refractivity contribution in [2.45, 2.75) is 86.7 Å². The van der Waals surface area contributed by atoms with Crippen molar-refractivity contribution in [2.24, 2.45) is 0 Å². The molecule has 13 heterocycles. The van der Waals surface area contributed by atoms with Crippen LogP contribution in [-0.2, 0) is 18.9 Å². The van der Waals surface area contributed by atoms with Gasteiger partial charge in [0.25, 0.3) is 0 Å². The lowest BCUT2D eigenvalue weighted by atomic mass is 10.1. The first kappa shape index (κ1) is 97.1. The number of aliphatic hydroxyl groups is 2. The number of aromatic nitrogens is 6. The van der Waals surface area contributed by atoms with Crippen molar-refractivity contribution in [3.05, 3.63) is 181 Å². The van der Waals surface area contributed by atoms with Gasteiger partial charge in [0.2, 0.25) is 0 Å². The zero-order valence-electron chi connectivity index (χ0n) is 78.0. The van der Waals surface area contributed by atoms with E-state index >= 15 is 13.2 Å². The van der Waals surface area contributed by atoms with E-state index in [9.17, 15) is 35.3 Å². The molecule has 36 nitrogen and oxygen atoms in total. The van der Waals surface area contributed by atoms with Crippen LogP contribution in [0.5, 0.6) is 17.2 Å². The SMILES string of the molecule is CN(CCO)C(=O)N1CC[C@H](Oc2ccc(-c3nccc(Nc4ccc(N5CCN(C6COC6)CC5)cc4)n3)cc2C#N)[C@H](F)C1.COCCNC(=O)N1CC[C@H](Oc2ccc(-c3nccc(Nc4ccc(N5CCN(C6COC6)CC5)cc4)n3)cc2C#N)[C@H](F)C1.N#Cc1cc(-c2nccc(Nc3ccc(N4CCN(C5COC5)CC4)cc3)n2)ccc1O[C@H]1CCN(C(=O)N2CC[C@H](O)C2)C[C@H]1F. The molecule has 0 saturated carbocycles. The Bertz CT molecular complexity index is 5780. The van der Waals surface area contributed by atoms with Crippen LogP contribution in [0.15, 0.2) is 164 Å². The van der Waals surface area contributed by atoms with Gasteiger partial charge in [-0.25, -0.2) is 57.5 Å². The highest BCUT2D eigenvalue weighted by atomic mass is 19.1. The number of alkyl halides is 3. The zero-order chi connectivity index (χ0) is 96.3. The highest BCUT2D eigenvalue weighted by molar-refractivity contribution is 5.77. The number of urea groups is 3. The Morgan fingerprint density at radius 3 is 1.11 bits per heavy atom. The summed E-state index contributed by atoms with van der Waals surface area (Å²) in [6.45, 7) is 19.5. The Hall–Kier alpha value is -13.5. The van der Waals surface area contributed by atoms with E-state index in [0.717, 1.165) is 135 Å². The molecule has 19 rings (SSSR count). The van der Waals surface area contributed by atoms with Gasteiger partial charge >= 0.3 is 18.1 Å². The van der Waals surface area contributed by atoms with E-state index in [4.69, 9.17) is 38.3 Å². The van der Waals surface area contributed by atoms with Crippen molar-refractivity contribution >= 4 is 69.7 Å². The van der Waals surface area contributed by atoms with Crippen molar-refractivity contribution in [3.8, 4) is 69.6 Å². The number of hydrogen-bond acceptors (Lipinski definition) is 30. The molecule has 39 heteroatoms. The third kappa shape index (κ3) is 24.6. The van der Waals surface area contributed by atoms with Crippen molar-refractivity contribution in [1.82, 2.24) is 74.4 Å². The van der Waals surface area contributed by atoms with E-state index in [1.54, 1.807) is 110 Å². The van der Waals surface area contributed by atoms with E-state index in [1.165, 1.54) is 36.7 Å². The molecule has 10 fully saturated rings. The van der Waals surface area contributed by atoms with Gasteiger partial charge < -0.3 is 104 Å². The van der Waals surface area contributed by atoms with Gasteiger partial charge in [-0.2, -0.15) is 15.8 Å². The van der Waals surface area contributed by atoms with Gasteiger partial charge in [-0.1, -0.05) is 0 Å². The van der Waals surface area contributed by atoms with Gasteiger partial charge in [-0.3, -0.25) is 14.7 Å². The maximum Gasteiger partial charge on any atom is 0.320 e. The number of likely N-dealkylation sites (N-methyl/N-ethyl adjacent to an activating group) is 1. The molecular weight excluding hydrogens is 1790 g/mol. The van der Waals surface area contributed by atoms with Crippen LogP contribution >= 0.6 is 0 Å². The second kappa shape index (κ2) is 46.3. The average molecular weight is 1900 g/mol. The first-order valence-corrected chi connectivity index (χ1v) is 47.6. The van der Waals surface area contributed by atoms with Gasteiger partial charge in [0.1, 0.15) is 71.2 Å². The molecule has 0 aliphatic carbocycles. The van der Waals surface area contributed by atoms with Crippen LogP contribution in [0.3, 0.4) is 0 Å². The minimum atomic E-state index is -1.43. The summed E-state index contributed by atoms with van der Waals surface area (Å²) >= 11 is 0. The summed E-state index contributed by atoms with van der Waals surface area (Å²) < 4.78 is 84.1. The molecule has 0 bridgehead atoms. The first-order chi connectivity index (χ1) is 67.8. The number of hydrogen-bond donors (Lipinski definition) is 6. The summed E-state index contributed by atoms with van der Waals surface area (Å²) in [6, 6.07) is 52.6. The number of nitrogens with zero attached hydrogens (tertiary/aromatic N) is 20. The molecule has 6 amide bonds. The van der Waals surface area contributed by atoms with E-state index in [1.807, 2.05) is 36.4 Å². The van der Waals surface area contributed by atoms with Gasteiger partial charge in [0.15, 0.2) is 36.0 Å². The van der Waals surface area contributed by atoms with Gasteiger partial charge in [0, 0.05) is 227 Å². The fourth-order valence-electron chi connectivity index (χ4n) is 18.4. The summed E-state index contributed by atoms with van der Waals surface area (Å²) in [4.78, 5) is 86.7. The smallest absolute Gasteiger partial charge is 0.320 e. The molecule has 0 radical (unpaired) electrons. The van der Waals surface area contributed by atoms with Gasteiger partial charge in [-0.15, -0.1) is 0 Å². The molecule has 0 spiro atoms. The number of amides is 6. The molecule has 0 unspecified atom stereocenters. The number of halogens is 3. The predicted octanol–water partition coefficient (Wildman–Crippen LogP) is 9.80.